The number of nitrogens with zero attached hydrogens (tertiary/aromatic N) is 4. The zero-order valence-corrected chi connectivity index (χ0v) is 18.0. The molecule has 0 bridgehead atoms. The first kappa shape index (κ1) is 21.7. The molecule has 0 saturated carbocycles. The lowest BCUT2D eigenvalue weighted by atomic mass is 10.0. The van der Waals surface area contributed by atoms with Crippen LogP contribution in [0.3, 0.4) is 0 Å². The second kappa shape index (κ2) is 8.00. The van der Waals surface area contributed by atoms with Crippen LogP contribution in [0.1, 0.15) is 57.9 Å². The normalized spacial score (nSPS) is 19.9. The minimum Gasteiger partial charge on any atom is -0.476 e. The largest absolute Gasteiger partial charge is 0.476 e. The van der Waals surface area contributed by atoms with E-state index in [1.807, 2.05) is 34.6 Å². The second-order valence-corrected chi connectivity index (χ2v) is 8.54. The van der Waals surface area contributed by atoms with Gasteiger partial charge < -0.3 is 19.6 Å². The van der Waals surface area contributed by atoms with Crippen LogP contribution < -0.4 is 10.5 Å². The highest BCUT2D eigenvalue weighted by Gasteiger charge is 2.38. The van der Waals surface area contributed by atoms with E-state index in [0.29, 0.717) is 30.8 Å². The Labute approximate surface area is 174 Å². The SMILES string of the molecule is CC[C@@H]1CN(c2cc(=O)[nH]n3cc(C(=O)O)nc23)[C@@H](CC)CN1C(=O)OC(C)(C)C. The Morgan fingerprint density at radius 1 is 1.23 bits per heavy atom. The molecule has 0 unspecified atom stereocenters. The molecule has 30 heavy (non-hydrogen) atoms. The van der Waals surface area contributed by atoms with Gasteiger partial charge in [-0.05, 0) is 33.6 Å². The molecule has 10 heteroatoms. The third kappa shape index (κ3) is 4.27. The molecule has 1 amide bonds. The van der Waals surface area contributed by atoms with Gasteiger partial charge in [0.1, 0.15) is 5.60 Å². The maximum Gasteiger partial charge on any atom is 0.410 e. The molecule has 2 N–H and O–H groups in total. The van der Waals surface area contributed by atoms with Crippen LogP contribution in [0.5, 0.6) is 0 Å². The fraction of sp³-hybridized carbons (Fsp3) is 0.600. The molecule has 3 heterocycles. The van der Waals surface area contributed by atoms with Crippen LogP contribution in [0.25, 0.3) is 5.65 Å². The molecule has 0 radical (unpaired) electrons. The van der Waals surface area contributed by atoms with E-state index in [1.54, 1.807) is 4.90 Å². The van der Waals surface area contributed by atoms with Gasteiger partial charge in [0, 0.05) is 25.2 Å². The zero-order chi connectivity index (χ0) is 22.2. The quantitative estimate of drug-likeness (QED) is 0.780. The van der Waals surface area contributed by atoms with E-state index in [9.17, 15) is 19.5 Å². The van der Waals surface area contributed by atoms with Crippen molar-refractivity contribution in [1.29, 1.82) is 0 Å². The number of aromatic amines is 1. The molecule has 10 nitrogen and oxygen atoms in total. The number of imidazole rings is 1. The molecule has 164 valence electrons. The predicted octanol–water partition coefficient (Wildman–Crippen LogP) is 2.34. The summed E-state index contributed by atoms with van der Waals surface area (Å²) in [7, 11) is 0. The average molecular weight is 419 g/mol. The van der Waals surface area contributed by atoms with Gasteiger partial charge in [0.2, 0.25) is 0 Å². The number of carbonyl (C=O) groups is 2. The van der Waals surface area contributed by atoms with Crippen LogP contribution in [0.15, 0.2) is 17.1 Å². The van der Waals surface area contributed by atoms with E-state index >= 15 is 0 Å². The number of carboxylic acid groups (broad SMARTS) is 1. The Balaban J connectivity index is 2.00. The number of H-pyrrole nitrogens is 1. The summed E-state index contributed by atoms with van der Waals surface area (Å²) in [5, 5.41) is 11.9. The van der Waals surface area contributed by atoms with Crippen molar-refractivity contribution in [2.75, 3.05) is 18.0 Å². The highest BCUT2D eigenvalue weighted by molar-refractivity contribution is 5.87. The van der Waals surface area contributed by atoms with Crippen molar-refractivity contribution in [3.05, 3.63) is 28.3 Å². The van der Waals surface area contributed by atoms with Gasteiger partial charge in [-0.1, -0.05) is 13.8 Å². The van der Waals surface area contributed by atoms with Crippen molar-refractivity contribution >= 4 is 23.4 Å². The number of aromatic carboxylic acids is 1. The molecule has 3 rings (SSSR count). The first-order valence-corrected chi connectivity index (χ1v) is 10.2. The topological polar surface area (TPSA) is 120 Å². The lowest BCUT2D eigenvalue weighted by Gasteiger charge is -2.47. The van der Waals surface area contributed by atoms with Crippen molar-refractivity contribution in [3.8, 4) is 0 Å². The minimum absolute atomic E-state index is 0.0732. The second-order valence-electron chi connectivity index (χ2n) is 8.54. The van der Waals surface area contributed by atoms with E-state index in [4.69, 9.17) is 4.74 Å². The number of hydrogen-bond acceptors (Lipinski definition) is 6. The van der Waals surface area contributed by atoms with Crippen molar-refractivity contribution in [1.82, 2.24) is 19.5 Å². The zero-order valence-electron chi connectivity index (χ0n) is 18.0. The summed E-state index contributed by atoms with van der Waals surface area (Å²) in [5.41, 5.74) is -0.169. The first-order chi connectivity index (χ1) is 14.0. The van der Waals surface area contributed by atoms with Crippen molar-refractivity contribution < 1.29 is 19.4 Å². The molecule has 1 aliphatic rings. The fourth-order valence-corrected chi connectivity index (χ4v) is 3.79. The Bertz CT molecular complexity index is 1010. The molecule has 0 spiro atoms. The molecule has 1 saturated heterocycles. The van der Waals surface area contributed by atoms with Crippen LogP contribution in [0, 0.1) is 0 Å². The minimum atomic E-state index is -1.17. The number of anilines is 1. The number of carbonyl (C=O) groups excluding carboxylic acids is 1. The summed E-state index contributed by atoms with van der Waals surface area (Å²) in [6, 6.07) is 1.25. The van der Waals surface area contributed by atoms with Crippen molar-refractivity contribution in [3.63, 3.8) is 0 Å². The molecule has 1 aliphatic heterocycles. The summed E-state index contributed by atoms with van der Waals surface area (Å²) in [5.74, 6) is -1.17. The number of rotatable bonds is 4. The maximum absolute atomic E-state index is 12.8. The molecular weight excluding hydrogens is 390 g/mol. The Morgan fingerprint density at radius 2 is 1.90 bits per heavy atom. The number of amides is 1. The number of piperazine rings is 1. The molecule has 2 aromatic rings. The number of aromatic nitrogens is 3. The van der Waals surface area contributed by atoms with Crippen LogP contribution in [0.4, 0.5) is 10.5 Å². The lowest BCUT2D eigenvalue weighted by Crippen LogP contribution is -2.60. The standard InChI is InChI=1S/C20H29N5O5/c1-6-12-10-24(19(29)30-20(3,4)5)13(7-2)9-23(12)15-8-16(26)22-25-11-14(18(27)28)21-17(15)25/h8,11-13H,6-7,9-10H2,1-5H3,(H,22,26)(H,27,28)/t12-,13+/m0/s1. The van der Waals surface area contributed by atoms with E-state index < -0.39 is 11.6 Å². The van der Waals surface area contributed by atoms with Gasteiger partial charge in [0.05, 0.1) is 17.9 Å². The maximum atomic E-state index is 12.8. The lowest BCUT2D eigenvalue weighted by molar-refractivity contribution is 0.00987. The molecule has 0 aromatic carbocycles. The third-order valence-corrected chi connectivity index (χ3v) is 5.23. The molecule has 0 aliphatic carbocycles. The summed E-state index contributed by atoms with van der Waals surface area (Å²) in [4.78, 5) is 44.4. The molecule has 1 fully saturated rings. The fourth-order valence-electron chi connectivity index (χ4n) is 3.79. The Kier molecular flexibility index (Phi) is 5.78. The number of carboxylic acids is 1. The van der Waals surface area contributed by atoms with Gasteiger partial charge in [-0.2, -0.15) is 0 Å². The van der Waals surface area contributed by atoms with E-state index in [1.165, 1.54) is 16.8 Å². The van der Waals surface area contributed by atoms with Crippen molar-refractivity contribution in [2.24, 2.45) is 0 Å². The van der Waals surface area contributed by atoms with E-state index in [0.717, 1.165) is 6.42 Å². The highest BCUT2D eigenvalue weighted by Crippen LogP contribution is 2.29. The first-order valence-electron chi connectivity index (χ1n) is 10.2. The van der Waals surface area contributed by atoms with E-state index in [2.05, 4.69) is 15.0 Å². The van der Waals surface area contributed by atoms with Crippen LogP contribution in [-0.4, -0.2) is 67.4 Å². The summed E-state index contributed by atoms with van der Waals surface area (Å²) in [6.45, 7) is 10.5. The summed E-state index contributed by atoms with van der Waals surface area (Å²) >= 11 is 0. The van der Waals surface area contributed by atoms with Gasteiger partial charge in [-0.15, -0.1) is 0 Å². The third-order valence-electron chi connectivity index (χ3n) is 5.23. The van der Waals surface area contributed by atoms with Gasteiger partial charge in [0.25, 0.3) is 5.56 Å². The number of hydrogen-bond donors (Lipinski definition) is 2. The van der Waals surface area contributed by atoms with Crippen LogP contribution in [0.2, 0.25) is 0 Å². The summed E-state index contributed by atoms with van der Waals surface area (Å²) < 4.78 is 6.94. The number of fused-ring (bicyclic) bond motifs is 1. The smallest absolute Gasteiger partial charge is 0.410 e. The molecule has 2 atom stereocenters. The number of ether oxygens (including phenoxy) is 1. The van der Waals surface area contributed by atoms with Crippen molar-refractivity contribution in [2.45, 2.75) is 65.1 Å². The monoisotopic (exact) mass is 419 g/mol. The Hall–Kier alpha value is -3.04. The Morgan fingerprint density at radius 3 is 2.47 bits per heavy atom. The summed E-state index contributed by atoms with van der Waals surface area (Å²) in [6.07, 6.45) is 2.37. The van der Waals surface area contributed by atoms with Gasteiger partial charge in [-0.25, -0.2) is 19.1 Å². The predicted molar refractivity (Wildman–Crippen MR) is 111 cm³/mol. The number of nitrogens with one attached hydrogen (secondary N) is 1. The van der Waals surface area contributed by atoms with Gasteiger partial charge >= 0.3 is 12.1 Å². The van der Waals surface area contributed by atoms with E-state index in [-0.39, 0.29) is 29.4 Å². The average Bonchev–Trinajstić information content (AvgIpc) is 3.09. The highest BCUT2D eigenvalue weighted by atomic mass is 16.6. The molecule has 2 aromatic heterocycles. The van der Waals surface area contributed by atoms with Crippen LogP contribution >= 0.6 is 0 Å². The molecular formula is C20H29N5O5. The van der Waals surface area contributed by atoms with Gasteiger partial charge in [-0.3, -0.25) is 9.89 Å². The van der Waals surface area contributed by atoms with Crippen LogP contribution in [-0.2, 0) is 4.74 Å². The van der Waals surface area contributed by atoms with Gasteiger partial charge in [0.15, 0.2) is 11.3 Å².